The maximum absolute atomic E-state index is 14.8. The molecule has 1 aromatic rings. The summed E-state index contributed by atoms with van der Waals surface area (Å²) < 4.78 is 0. The van der Waals surface area contributed by atoms with Gasteiger partial charge in [0.15, 0.2) is 11.9 Å². The van der Waals surface area contributed by atoms with Crippen LogP contribution in [-0.4, -0.2) is 179 Å². The number of hydrogen-bond acceptors (Lipinski definition) is 18. The molecule has 27 N–H and O–H groups in total. The fraction of sp³-hybridized carbons (Fsp3) is 0.644. The third kappa shape index (κ3) is 34.2. The SMILES string of the molecule is CC(=O)C[C@H](C)C(=O)N[C@H](C(=O)N[C@@H](CCCNC(=N)N)C(=O)N[C@@H](CCC(N)=O)C(=O)N[C@@H](CCC(N)=O)C(=O)N[C@@H](Cc1ccc(O)cc1)C(=O)N[C@@H](CCCNC(=N)N)C(=O)N[C@@H](CCCCN)C(=O)N[C@@H](CC(C)C)C(=O)N[C@@H](CC(C)C)C(N)=O)[C@@H](C)O. The maximum atomic E-state index is 14.8. The molecule has 0 unspecified atom stereocenters. The molecular formula is C59H101N19O15. The highest BCUT2D eigenvalue weighted by Crippen LogP contribution is 2.16. The van der Waals surface area contributed by atoms with Gasteiger partial charge in [-0.3, -0.25) is 68.4 Å². The molecule has 0 heterocycles. The highest BCUT2D eigenvalue weighted by molar-refractivity contribution is 5.99. The summed E-state index contributed by atoms with van der Waals surface area (Å²) in [7, 11) is 0. The molecule has 34 heteroatoms. The number of nitrogens with two attached hydrogens (primary N) is 6. The number of primary amides is 3. The lowest BCUT2D eigenvalue weighted by atomic mass is 9.99. The van der Waals surface area contributed by atoms with Crippen molar-refractivity contribution in [3.8, 4) is 5.75 Å². The van der Waals surface area contributed by atoms with Crippen LogP contribution in [0.1, 0.15) is 144 Å². The molecule has 522 valence electrons. The Morgan fingerprint density at radius 3 is 1.18 bits per heavy atom. The van der Waals surface area contributed by atoms with Crippen LogP contribution in [-0.2, 0) is 68.7 Å². The minimum absolute atomic E-state index is 0.00732. The molecule has 11 atom stereocenters. The zero-order valence-corrected chi connectivity index (χ0v) is 54.2. The first-order valence-corrected chi connectivity index (χ1v) is 31.0. The molecule has 93 heavy (non-hydrogen) atoms. The van der Waals surface area contributed by atoms with Crippen molar-refractivity contribution < 1.29 is 72.5 Å². The highest BCUT2D eigenvalue weighted by atomic mass is 16.3. The van der Waals surface area contributed by atoms with Gasteiger partial charge in [0.05, 0.1) is 6.10 Å². The van der Waals surface area contributed by atoms with Crippen LogP contribution in [0.3, 0.4) is 0 Å². The van der Waals surface area contributed by atoms with Gasteiger partial charge >= 0.3 is 0 Å². The van der Waals surface area contributed by atoms with Crippen LogP contribution in [0.25, 0.3) is 0 Å². The minimum Gasteiger partial charge on any atom is -0.508 e. The number of benzene rings is 1. The van der Waals surface area contributed by atoms with Crippen LogP contribution in [0.4, 0.5) is 0 Å². The molecule has 0 fully saturated rings. The summed E-state index contributed by atoms with van der Waals surface area (Å²) in [5, 5.41) is 63.8. The van der Waals surface area contributed by atoms with Crippen LogP contribution in [0, 0.1) is 28.6 Å². The fourth-order valence-electron chi connectivity index (χ4n) is 9.36. The number of hydrogen-bond donors (Lipinski definition) is 21. The smallest absolute Gasteiger partial charge is 0.245 e. The monoisotopic (exact) mass is 1320 g/mol. The number of aliphatic hydroxyl groups is 1. The third-order valence-corrected chi connectivity index (χ3v) is 14.3. The van der Waals surface area contributed by atoms with E-state index in [4.69, 9.17) is 45.2 Å². The number of ketones is 1. The molecule has 1 rings (SSSR count). The number of Topliss-reactive ketones (excluding diaryl/α,β-unsaturated/α-hetero) is 1. The molecule has 0 aliphatic rings. The Morgan fingerprint density at radius 1 is 0.452 bits per heavy atom. The Hall–Kier alpha value is -9.21. The molecule has 12 amide bonds. The van der Waals surface area contributed by atoms with E-state index >= 15 is 0 Å². The lowest BCUT2D eigenvalue weighted by molar-refractivity contribution is -0.137. The van der Waals surface area contributed by atoms with E-state index in [9.17, 15) is 72.5 Å². The molecule has 0 aliphatic carbocycles. The lowest BCUT2D eigenvalue weighted by Crippen LogP contribution is -2.61. The van der Waals surface area contributed by atoms with Crippen molar-refractivity contribution in [3.63, 3.8) is 0 Å². The highest BCUT2D eigenvalue weighted by Gasteiger charge is 2.37. The average molecular weight is 1320 g/mol. The largest absolute Gasteiger partial charge is 0.508 e. The van der Waals surface area contributed by atoms with Crippen LogP contribution in [0.2, 0.25) is 0 Å². The van der Waals surface area contributed by atoms with E-state index in [-0.39, 0.29) is 101 Å². The second-order valence-corrected chi connectivity index (χ2v) is 23.8. The van der Waals surface area contributed by atoms with E-state index in [1.807, 2.05) is 13.8 Å². The number of phenols is 1. The molecule has 34 nitrogen and oxygen atoms in total. The van der Waals surface area contributed by atoms with Crippen molar-refractivity contribution in [2.24, 2.45) is 52.2 Å². The van der Waals surface area contributed by atoms with Crippen molar-refractivity contribution >= 4 is 88.6 Å². The van der Waals surface area contributed by atoms with Crippen molar-refractivity contribution in [1.82, 2.24) is 58.5 Å². The van der Waals surface area contributed by atoms with Gasteiger partial charge in [0.25, 0.3) is 0 Å². The topological polar surface area (TPSA) is 599 Å². The average Bonchev–Trinajstić information content (AvgIpc) is 1.09. The number of aromatic hydroxyl groups is 1. The molecule has 0 bridgehead atoms. The second kappa shape index (κ2) is 42.8. The first-order valence-electron chi connectivity index (χ1n) is 31.0. The van der Waals surface area contributed by atoms with Crippen molar-refractivity contribution in [2.75, 3.05) is 19.6 Å². The maximum Gasteiger partial charge on any atom is 0.245 e. The van der Waals surface area contributed by atoms with E-state index in [0.717, 1.165) is 0 Å². The van der Waals surface area contributed by atoms with E-state index in [2.05, 4.69) is 58.5 Å². The summed E-state index contributed by atoms with van der Waals surface area (Å²) in [5.74, 6) is -13.8. The quantitative estimate of drug-likeness (QED) is 0.0165. The van der Waals surface area contributed by atoms with Crippen LogP contribution < -0.4 is 92.9 Å². The number of carbonyl (C=O) groups is 13. The Balaban J connectivity index is 3.89. The predicted molar refractivity (Wildman–Crippen MR) is 341 cm³/mol. The summed E-state index contributed by atoms with van der Waals surface area (Å²) in [6, 6.07) is -8.16. The van der Waals surface area contributed by atoms with Crippen molar-refractivity contribution in [2.45, 2.75) is 205 Å². The fourth-order valence-corrected chi connectivity index (χ4v) is 9.36. The van der Waals surface area contributed by atoms with Gasteiger partial charge < -0.3 is 108 Å². The second-order valence-electron chi connectivity index (χ2n) is 23.8. The number of rotatable bonds is 46. The van der Waals surface area contributed by atoms with Gasteiger partial charge in [-0.05, 0) is 121 Å². The molecule has 0 radical (unpaired) electrons. The van der Waals surface area contributed by atoms with Crippen LogP contribution in [0.15, 0.2) is 24.3 Å². The van der Waals surface area contributed by atoms with Crippen molar-refractivity contribution in [3.05, 3.63) is 29.8 Å². The van der Waals surface area contributed by atoms with E-state index in [1.165, 1.54) is 45.0 Å². The van der Waals surface area contributed by atoms with Gasteiger partial charge in [-0.25, -0.2) is 0 Å². The zero-order valence-electron chi connectivity index (χ0n) is 54.2. The minimum atomic E-state index is -1.77. The van der Waals surface area contributed by atoms with Crippen molar-refractivity contribution in [1.29, 1.82) is 10.8 Å². The van der Waals surface area contributed by atoms with Gasteiger partial charge in [0.2, 0.25) is 70.9 Å². The summed E-state index contributed by atoms with van der Waals surface area (Å²) in [6.45, 7) is 11.3. The molecule has 0 saturated heterocycles. The Morgan fingerprint density at radius 2 is 0.806 bits per heavy atom. The summed E-state index contributed by atoms with van der Waals surface area (Å²) in [5.41, 5.74) is 33.6. The van der Waals surface area contributed by atoms with E-state index in [0.29, 0.717) is 18.4 Å². The van der Waals surface area contributed by atoms with Gasteiger partial charge in [0.1, 0.15) is 65.9 Å². The Kier molecular flexibility index (Phi) is 37.6. The molecule has 0 saturated carbocycles. The van der Waals surface area contributed by atoms with Crippen LogP contribution in [0.5, 0.6) is 5.75 Å². The normalized spacial score (nSPS) is 14.6. The number of phenolic OH excluding ortho intramolecular Hbond substituents is 1. The summed E-state index contributed by atoms with van der Waals surface area (Å²) in [6.07, 6.45) is -3.60. The number of aliphatic hydroxyl groups excluding tert-OH is 1. The number of nitrogens with one attached hydrogen (secondary N) is 13. The lowest BCUT2D eigenvalue weighted by Gasteiger charge is -2.29. The Bertz CT molecular complexity index is 2710. The molecule has 0 spiro atoms. The first kappa shape index (κ1) is 81.8. The summed E-state index contributed by atoms with van der Waals surface area (Å²) in [4.78, 5) is 176. The van der Waals surface area contributed by atoms with Crippen LogP contribution >= 0.6 is 0 Å². The molecular weight excluding hydrogens is 1210 g/mol. The van der Waals surface area contributed by atoms with Gasteiger partial charge in [-0.1, -0.05) is 46.8 Å². The number of amides is 12. The Labute approximate surface area is 541 Å². The van der Waals surface area contributed by atoms with E-state index < -0.39 is 175 Å². The molecule has 0 aliphatic heterocycles. The third-order valence-electron chi connectivity index (χ3n) is 14.3. The predicted octanol–water partition coefficient (Wildman–Crippen LogP) is -4.94. The number of carbonyl (C=O) groups excluding carboxylic acids is 13. The number of guanidine groups is 2. The standard InChI is InChI=1S/C59H101N19O15/c1-30(2)26-42(48(63)84)75-55(91)43(27-31(3)4)76-52(88)37(12-8-9-23-60)70-50(86)38(13-10-24-68-58(64)65)71-56(92)44(29-35-15-17-36(81)18-16-35)77-54(90)41(20-22-46(62)83)73-53(89)40(19-21-45(61)82)72-51(87)39(14-11-25-69-59(66)67)74-57(93)47(34(7)80)78-49(85)32(5)28-33(6)79/h15-18,30-32,34,37-44,47,80-81H,8-14,19-29,60H2,1-7H3,(H2,61,82)(H2,62,83)(H2,63,84)(H,70,86)(H,71,92)(H,72,87)(H,73,89)(H,74,93)(H,75,91)(H,76,88)(H,77,90)(H,78,85)(H4,64,65,68)(H4,66,67,69)/t32-,34+,37-,38-,39-,40-,41-,42-,43-,44-,47-/m0/s1. The van der Waals surface area contributed by atoms with Gasteiger partial charge in [-0.15, -0.1) is 0 Å². The zero-order chi connectivity index (χ0) is 70.7. The summed E-state index contributed by atoms with van der Waals surface area (Å²) >= 11 is 0. The van der Waals surface area contributed by atoms with Gasteiger partial charge in [0, 0.05) is 44.7 Å². The molecule has 1 aromatic carbocycles. The first-order chi connectivity index (χ1) is 43.5. The van der Waals surface area contributed by atoms with E-state index in [1.54, 1.807) is 13.8 Å². The van der Waals surface area contributed by atoms with Gasteiger partial charge in [-0.2, -0.15) is 0 Å². The number of unbranched alkanes of at least 4 members (excludes halogenated alkanes) is 1. The molecule has 0 aromatic heterocycles.